The number of hydrogen-bond acceptors (Lipinski definition) is 4. The quantitative estimate of drug-likeness (QED) is 0.577. The van der Waals surface area contributed by atoms with E-state index in [9.17, 15) is 10.1 Å². The second-order valence-corrected chi connectivity index (χ2v) is 3.23. The lowest BCUT2D eigenvalue weighted by Gasteiger charge is -2.05. The van der Waals surface area contributed by atoms with Crippen LogP contribution in [0.25, 0.3) is 6.08 Å². The summed E-state index contributed by atoms with van der Waals surface area (Å²) in [7, 11) is 0. The van der Waals surface area contributed by atoms with Crippen molar-refractivity contribution in [3.63, 3.8) is 0 Å². The highest BCUT2D eigenvalue weighted by Gasteiger charge is 2.09. The van der Waals surface area contributed by atoms with Gasteiger partial charge in [-0.05, 0) is 6.07 Å². The number of para-hydroxylation sites is 1. The Kier molecular flexibility index (Phi) is 4.70. The van der Waals surface area contributed by atoms with Gasteiger partial charge in [-0.2, -0.15) is 5.26 Å². The van der Waals surface area contributed by atoms with Crippen LogP contribution in [0.15, 0.2) is 30.0 Å². The number of nitro groups is 1. The number of benzene rings is 1. The highest BCUT2D eigenvalue weighted by Crippen LogP contribution is 2.21. The van der Waals surface area contributed by atoms with Gasteiger partial charge < -0.3 is 4.74 Å². The van der Waals surface area contributed by atoms with Gasteiger partial charge in [0.25, 0.3) is 0 Å². The van der Waals surface area contributed by atoms with Crippen LogP contribution in [0.1, 0.15) is 18.9 Å². The van der Waals surface area contributed by atoms with Crippen molar-refractivity contribution < 1.29 is 9.66 Å². The highest BCUT2D eigenvalue weighted by atomic mass is 16.6. The van der Waals surface area contributed by atoms with Gasteiger partial charge >= 0.3 is 0 Å². The number of ether oxygens (including phenoxy) is 1. The van der Waals surface area contributed by atoms with E-state index in [4.69, 9.17) is 10.00 Å². The van der Waals surface area contributed by atoms with Crippen molar-refractivity contribution in [2.24, 2.45) is 0 Å². The monoisotopic (exact) mass is 232 g/mol. The maximum Gasteiger partial charge on any atom is 0.246 e. The van der Waals surface area contributed by atoms with Gasteiger partial charge in [0.2, 0.25) is 5.70 Å². The van der Waals surface area contributed by atoms with E-state index in [0.717, 1.165) is 0 Å². The first kappa shape index (κ1) is 12.7. The van der Waals surface area contributed by atoms with E-state index in [2.05, 4.69) is 0 Å². The van der Waals surface area contributed by atoms with E-state index < -0.39 is 4.92 Å². The maximum absolute atomic E-state index is 10.7. The lowest BCUT2D eigenvalue weighted by molar-refractivity contribution is -0.425. The Hall–Kier alpha value is -2.35. The van der Waals surface area contributed by atoms with Crippen molar-refractivity contribution in [3.8, 4) is 11.8 Å². The lowest BCUT2D eigenvalue weighted by atomic mass is 10.1. The minimum absolute atomic E-state index is 0.0786. The molecule has 5 nitrogen and oxygen atoms in total. The largest absolute Gasteiger partial charge is 0.478 e. The van der Waals surface area contributed by atoms with Crippen molar-refractivity contribution in [1.82, 2.24) is 0 Å². The van der Waals surface area contributed by atoms with Gasteiger partial charge in [0, 0.05) is 18.1 Å². The fourth-order valence-electron chi connectivity index (χ4n) is 1.30. The average molecular weight is 232 g/mol. The summed E-state index contributed by atoms with van der Waals surface area (Å²) in [4.78, 5) is 10.3. The third kappa shape index (κ3) is 3.61. The van der Waals surface area contributed by atoms with Gasteiger partial charge in [-0.25, -0.2) is 0 Å². The van der Waals surface area contributed by atoms with Crippen molar-refractivity contribution in [2.45, 2.75) is 13.3 Å². The molecule has 17 heavy (non-hydrogen) atoms. The topological polar surface area (TPSA) is 76.2 Å². The number of nitriles is 1. The van der Waals surface area contributed by atoms with Gasteiger partial charge in [-0.1, -0.05) is 25.1 Å². The standard InChI is InChI=1S/C12H12N2O3/c1-2-11(14(15)16)9-10-5-3-4-6-12(10)17-8-7-13/h3-6,9H,2,8H2,1H3. The fraction of sp³-hybridized carbons (Fsp3) is 0.250. The van der Waals surface area contributed by atoms with E-state index in [1.807, 2.05) is 6.07 Å². The second kappa shape index (κ2) is 6.28. The molecule has 0 spiro atoms. The molecule has 0 aromatic heterocycles. The van der Waals surface area contributed by atoms with Crippen molar-refractivity contribution in [2.75, 3.05) is 6.61 Å². The Balaban J connectivity index is 3.05. The zero-order valence-corrected chi connectivity index (χ0v) is 9.42. The van der Waals surface area contributed by atoms with E-state index in [-0.39, 0.29) is 12.3 Å². The normalized spacial score (nSPS) is 10.7. The molecule has 0 unspecified atom stereocenters. The SMILES string of the molecule is CCC(=Cc1ccccc1OCC#N)[N+](=O)[O-]. The first-order chi connectivity index (χ1) is 8.19. The predicted octanol–water partition coefficient (Wildman–Crippen LogP) is 2.62. The molecule has 0 aliphatic rings. The summed E-state index contributed by atoms with van der Waals surface area (Å²) in [6.45, 7) is 1.64. The maximum atomic E-state index is 10.7. The molecule has 0 N–H and O–H groups in total. The summed E-state index contributed by atoms with van der Waals surface area (Å²) in [5, 5.41) is 19.1. The summed E-state index contributed by atoms with van der Waals surface area (Å²) in [6.07, 6.45) is 1.80. The molecule has 0 amide bonds. The Morgan fingerprint density at radius 1 is 1.59 bits per heavy atom. The van der Waals surface area contributed by atoms with E-state index in [1.54, 1.807) is 31.2 Å². The number of rotatable bonds is 5. The molecule has 0 aliphatic heterocycles. The fourth-order valence-corrected chi connectivity index (χ4v) is 1.30. The van der Waals surface area contributed by atoms with Crippen LogP contribution in [0.5, 0.6) is 5.75 Å². The molecule has 0 heterocycles. The summed E-state index contributed by atoms with van der Waals surface area (Å²) in [5.74, 6) is 0.474. The van der Waals surface area contributed by atoms with Crippen LogP contribution in [-0.2, 0) is 0 Å². The first-order valence-corrected chi connectivity index (χ1v) is 5.12. The molecule has 88 valence electrons. The third-order valence-corrected chi connectivity index (χ3v) is 2.13. The van der Waals surface area contributed by atoms with Crippen molar-refractivity contribution in [3.05, 3.63) is 45.6 Å². The molecule has 0 saturated heterocycles. The van der Waals surface area contributed by atoms with Gasteiger partial charge in [0.1, 0.15) is 11.8 Å². The second-order valence-electron chi connectivity index (χ2n) is 3.23. The van der Waals surface area contributed by atoms with Crippen molar-refractivity contribution >= 4 is 6.08 Å². The summed E-state index contributed by atoms with van der Waals surface area (Å²) in [5.41, 5.74) is 0.717. The van der Waals surface area contributed by atoms with E-state index >= 15 is 0 Å². The van der Waals surface area contributed by atoms with Crippen LogP contribution in [-0.4, -0.2) is 11.5 Å². The molecule has 0 atom stereocenters. The van der Waals surface area contributed by atoms with Gasteiger partial charge in [-0.3, -0.25) is 10.1 Å². The van der Waals surface area contributed by atoms with Crippen molar-refractivity contribution in [1.29, 1.82) is 5.26 Å². The minimum atomic E-state index is -0.416. The minimum Gasteiger partial charge on any atom is -0.478 e. The molecule has 0 bridgehead atoms. The number of nitrogens with zero attached hydrogens (tertiary/aromatic N) is 2. The Morgan fingerprint density at radius 2 is 2.29 bits per heavy atom. The summed E-state index contributed by atoms with van der Waals surface area (Å²) < 4.78 is 5.18. The summed E-state index contributed by atoms with van der Waals surface area (Å²) >= 11 is 0. The molecular formula is C12H12N2O3. The molecular weight excluding hydrogens is 220 g/mol. The van der Waals surface area contributed by atoms with E-state index in [1.165, 1.54) is 6.08 Å². The Labute approximate surface area is 99.1 Å². The lowest BCUT2D eigenvalue weighted by Crippen LogP contribution is -1.99. The molecule has 0 radical (unpaired) electrons. The smallest absolute Gasteiger partial charge is 0.246 e. The molecule has 0 aliphatic carbocycles. The van der Waals surface area contributed by atoms with Crippen LogP contribution >= 0.6 is 0 Å². The molecule has 0 fully saturated rings. The van der Waals surface area contributed by atoms with Gasteiger partial charge in [0.15, 0.2) is 6.61 Å². The summed E-state index contributed by atoms with van der Waals surface area (Å²) in [6, 6.07) is 8.76. The van der Waals surface area contributed by atoms with E-state index in [0.29, 0.717) is 17.7 Å². The number of allylic oxidation sites excluding steroid dienone is 1. The third-order valence-electron chi connectivity index (χ3n) is 2.13. The molecule has 1 aromatic rings. The Bertz CT molecular complexity index is 475. The predicted molar refractivity (Wildman–Crippen MR) is 62.8 cm³/mol. The molecule has 1 rings (SSSR count). The van der Waals surface area contributed by atoms with Crippen LogP contribution in [0, 0.1) is 21.4 Å². The molecule has 1 aromatic carbocycles. The molecule has 5 heteroatoms. The van der Waals surface area contributed by atoms with Crippen LogP contribution in [0.2, 0.25) is 0 Å². The first-order valence-electron chi connectivity index (χ1n) is 5.12. The molecule has 0 saturated carbocycles. The van der Waals surface area contributed by atoms with Crippen LogP contribution in [0.4, 0.5) is 0 Å². The zero-order valence-electron chi connectivity index (χ0n) is 9.42. The average Bonchev–Trinajstić information content (AvgIpc) is 2.34. The van der Waals surface area contributed by atoms with Gasteiger partial charge in [-0.15, -0.1) is 0 Å². The van der Waals surface area contributed by atoms with Crippen LogP contribution in [0.3, 0.4) is 0 Å². The number of hydrogen-bond donors (Lipinski definition) is 0. The van der Waals surface area contributed by atoms with Gasteiger partial charge in [0.05, 0.1) is 4.92 Å². The van der Waals surface area contributed by atoms with Crippen LogP contribution < -0.4 is 4.74 Å². The zero-order chi connectivity index (χ0) is 12.7. The Morgan fingerprint density at radius 3 is 2.88 bits per heavy atom. The highest BCUT2D eigenvalue weighted by molar-refractivity contribution is 5.58.